The van der Waals surface area contributed by atoms with Crippen LogP contribution in [0.5, 0.6) is 0 Å². The van der Waals surface area contributed by atoms with Crippen molar-refractivity contribution in [2.75, 3.05) is 5.32 Å². The van der Waals surface area contributed by atoms with Crippen molar-refractivity contribution in [3.63, 3.8) is 0 Å². The highest BCUT2D eigenvalue weighted by atomic mass is 19.1. The molecule has 0 fully saturated rings. The number of nitrogens with one attached hydrogen (secondary N) is 1. The fourth-order valence-electron chi connectivity index (χ4n) is 2.78. The number of halogens is 1. The Labute approximate surface area is 149 Å². The van der Waals surface area contributed by atoms with Crippen LogP contribution in [0.15, 0.2) is 53.1 Å². The molecule has 0 bridgehead atoms. The Morgan fingerprint density at radius 2 is 1.81 bits per heavy atom. The molecular weight excluding hydrogens is 331 g/mol. The smallest absolute Gasteiger partial charge is 0.223 e. The number of nitrogens with zero attached hydrogens (tertiary/aromatic N) is 3. The van der Waals surface area contributed by atoms with E-state index in [-0.39, 0.29) is 5.82 Å². The van der Waals surface area contributed by atoms with E-state index in [1.165, 1.54) is 12.1 Å². The van der Waals surface area contributed by atoms with E-state index in [9.17, 15) is 4.39 Å². The zero-order valence-corrected chi connectivity index (χ0v) is 14.5. The molecule has 6 heteroatoms. The van der Waals surface area contributed by atoms with E-state index in [4.69, 9.17) is 9.51 Å². The number of benzene rings is 2. The quantitative estimate of drug-likeness (QED) is 0.581. The minimum atomic E-state index is -0.254. The van der Waals surface area contributed by atoms with Gasteiger partial charge < -0.3 is 9.84 Å². The highest BCUT2D eigenvalue weighted by molar-refractivity contribution is 5.88. The average molecular weight is 348 g/mol. The van der Waals surface area contributed by atoms with Gasteiger partial charge in [-0.25, -0.2) is 9.37 Å². The van der Waals surface area contributed by atoms with E-state index >= 15 is 0 Å². The van der Waals surface area contributed by atoms with Gasteiger partial charge in [-0.3, -0.25) is 0 Å². The van der Waals surface area contributed by atoms with Crippen LogP contribution < -0.4 is 5.32 Å². The minimum absolute atomic E-state index is 0.254. The molecular formula is C20H17FN4O. The molecule has 4 aromatic rings. The first-order chi connectivity index (χ1) is 12.6. The van der Waals surface area contributed by atoms with Crippen LogP contribution in [0.2, 0.25) is 0 Å². The molecule has 5 nitrogen and oxygen atoms in total. The standard InChI is InChI=1S/C20H17FN4O/c1-12-3-6-15-10-17(20-23-13(2)26-25-20)19(24-18(15)9-12)22-11-14-4-7-16(21)8-5-14/h3-10H,11H2,1-2H3,(H,22,24). The summed E-state index contributed by atoms with van der Waals surface area (Å²) in [6.45, 7) is 4.29. The van der Waals surface area contributed by atoms with Gasteiger partial charge in [-0.05, 0) is 42.3 Å². The summed E-state index contributed by atoms with van der Waals surface area (Å²) in [5.41, 5.74) is 3.74. The number of aromatic nitrogens is 3. The van der Waals surface area contributed by atoms with Gasteiger partial charge >= 0.3 is 0 Å². The van der Waals surface area contributed by atoms with Crippen LogP contribution in [0.4, 0.5) is 10.2 Å². The topological polar surface area (TPSA) is 63.8 Å². The molecule has 26 heavy (non-hydrogen) atoms. The number of hydrogen-bond acceptors (Lipinski definition) is 5. The number of rotatable bonds is 4. The Kier molecular flexibility index (Phi) is 4.08. The molecule has 2 aromatic carbocycles. The highest BCUT2D eigenvalue weighted by Gasteiger charge is 2.14. The number of hydrogen-bond donors (Lipinski definition) is 1. The third kappa shape index (κ3) is 3.26. The van der Waals surface area contributed by atoms with Crippen LogP contribution in [-0.4, -0.2) is 15.1 Å². The normalized spacial score (nSPS) is 11.0. The Balaban J connectivity index is 1.75. The van der Waals surface area contributed by atoms with E-state index in [1.807, 2.05) is 31.2 Å². The SMILES string of the molecule is Cc1ccc2cc(-c3noc(C)n3)c(NCc3ccc(F)cc3)nc2c1. The lowest BCUT2D eigenvalue weighted by molar-refractivity contribution is 0.394. The van der Waals surface area contributed by atoms with E-state index < -0.39 is 0 Å². The molecule has 2 aromatic heterocycles. The van der Waals surface area contributed by atoms with Gasteiger partial charge in [-0.15, -0.1) is 0 Å². The second kappa shape index (κ2) is 6.55. The van der Waals surface area contributed by atoms with Crippen molar-refractivity contribution >= 4 is 16.7 Å². The molecule has 0 radical (unpaired) electrons. The molecule has 4 rings (SSSR count). The van der Waals surface area contributed by atoms with E-state index in [1.54, 1.807) is 19.1 Å². The molecule has 0 amide bonds. The third-order valence-corrected chi connectivity index (χ3v) is 4.11. The summed E-state index contributed by atoms with van der Waals surface area (Å²) in [6.07, 6.45) is 0. The van der Waals surface area contributed by atoms with Crippen LogP contribution in [0.25, 0.3) is 22.3 Å². The van der Waals surface area contributed by atoms with Crippen molar-refractivity contribution in [1.82, 2.24) is 15.1 Å². The Morgan fingerprint density at radius 3 is 2.54 bits per heavy atom. The maximum Gasteiger partial charge on any atom is 0.223 e. The first-order valence-corrected chi connectivity index (χ1v) is 8.29. The summed E-state index contributed by atoms with van der Waals surface area (Å²) >= 11 is 0. The van der Waals surface area contributed by atoms with Gasteiger partial charge in [0.1, 0.15) is 11.6 Å². The second-order valence-electron chi connectivity index (χ2n) is 6.20. The first-order valence-electron chi connectivity index (χ1n) is 8.29. The van der Waals surface area contributed by atoms with Crippen LogP contribution >= 0.6 is 0 Å². The van der Waals surface area contributed by atoms with Crippen LogP contribution in [-0.2, 0) is 6.54 Å². The van der Waals surface area contributed by atoms with Crippen molar-refractivity contribution in [3.8, 4) is 11.4 Å². The first kappa shape index (κ1) is 16.2. The monoisotopic (exact) mass is 348 g/mol. The van der Waals surface area contributed by atoms with Gasteiger partial charge in [0.05, 0.1) is 11.1 Å². The summed E-state index contributed by atoms with van der Waals surface area (Å²) in [4.78, 5) is 9.07. The van der Waals surface area contributed by atoms with E-state index in [2.05, 4.69) is 15.5 Å². The molecule has 130 valence electrons. The number of anilines is 1. The molecule has 0 aliphatic rings. The minimum Gasteiger partial charge on any atom is -0.365 e. The largest absolute Gasteiger partial charge is 0.365 e. The molecule has 0 aliphatic heterocycles. The molecule has 2 heterocycles. The number of aryl methyl sites for hydroxylation is 2. The molecule has 0 atom stereocenters. The van der Waals surface area contributed by atoms with Gasteiger partial charge in [0.25, 0.3) is 0 Å². The predicted octanol–water partition coefficient (Wildman–Crippen LogP) is 4.65. The Bertz CT molecular complexity index is 1070. The molecule has 0 unspecified atom stereocenters. The number of pyridine rings is 1. The average Bonchev–Trinajstić information content (AvgIpc) is 3.06. The van der Waals surface area contributed by atoms with Gasteiger partial charge in [0.15, 0.2) is 0 Å². The van der Waals surface area contributed by atoms with Crippen LogP contribution in [0.1, 0.15) is 17.0 Å². The molecule has 0 aliphatic carbocycles. The van der Waals surface area contributed by atoms with Gasteiger partial charge in [-0.1, -0.05) is 29.4 Å². The number of fused-ring (bicyclic) bond motifs is 1. The lowest BCUT2D eigenvalue weighted by Gasteiger charge is -2.11. The maximum atomic E-state index is 13.1. The van der Waals surface area contributed by atoms with Crippen molar-refractivity contribution in [3.05, 3.63) is 71.4 Å². The van der Waals surface area contributed by atoms with Gasteiger partial charge in [0, 0.05) is 18.9 Å². The lowest BCUT2D eigenvalue weighted by Crippen LogP contribution is -2.04. The van der Waals surface area contributed by atoms with Crippen molar-refractivity contribution < 1.29 is 8.91 Å². The second-order valence-corrected chi connectivity index (χ2v) is 6.20. The summed E-state index contributed by atoms with van der Waals surface area (Å²) < 4.78 is 18.2. The molecule has 0 saturated carbocycles. The van der Waals surface area contributed by atoms with Crippen LogP contribution in [0.3, 0.4) is 0 Å². The molecule has 0 saturated heterocycles. The van der Waals surface area contributed by atoms with Crippen molar-refractivity contribution in [2.45, 2.75) is 20.4 Å². The molecule has 0 spiro atoms. The van der Waals surface area contributed by atoms with E-state index in [0.29, 0.717) is 24.1 Å². The molecule has 1 N–H and O–H groups in total. The highest BCUT2D eigenvalue weighted by Crippen LogP contribution is 2.29. The van der Waals surface area contributed by atoms with E-state index in [0.717, 1.165) is 27.6 Å². The fourth-order valence-corrected chi connectivity index (χ4v) is 2.78. The fraction of sp³-hybridized carbons (Fsp3) is 0.150. The summed E-state index contributed by atoms with van der Waals surface area (Å²) in [6, 6.07) is 14.5. The predicted molar refractivity (Wildman–Crippen MR) is 98.2 cm³/mol. The van der Waals surface area contributed by atoms with Crippen molar-refractivity contribution in [2.24, 2.45) is 0 Å². The van der Waals surface area contributed by atoms with Crippen LogP contribution in [0, 0.1) is 19.7 Å². The lowest BCUT2D eigenvalue weighted by atomic mass is 10.1. The Hall–Kier alpha value is -3.28. The maximum absolute atomic E-state index is 13.1. The zero-order chi connectivity index (χ0) is 18.1. The summed E-state index contributed by atoms with van der Waals surface area (Å²) in [7, 11) is 0. The van der Waals surface area contributed by atoms with Crippen molar-refractivity contribution in [1.29, 1.82) is 0 Å². The third-order valence-electron chi connectivity index (χ3n) is 4.11. The van der Waals surface area contributed by atoms with Gasteiger partial charge in [-0.2, -0.15) is 4.98 Å². The Morgan fingerprint density at radius 1 is 1.00 bits per heavy atom. The summed E-state index contributed by atoms with van der Waals surface area (Å²) in [5.74, 6) is 1.39. The van der Waals surface area contributed by atoms with Gasteiger partial charge in [0.2, 0.25) is 11.7 Å². The summed E-state index contributed by atoms with van der Waals surface area (Å²) in [5, 5.41) is 8.34. The zero-order valence-electron chi connectivity index (χ0n) is 14.5.